The van der Waals surface area contributed by atoms with E-state index in [1.807, 2.05) is 10.6 Å². The molecule has 3 aromatic rings. The molecule has 0 aliphatic heterocycles. The number of carboxylic acid groups (broad SMARTS) is 1. The Hall–Kier alpha value is -2.14. The summed E-state index contributed by atoms with van der Waals surface area (Å²) in [7, 11) is 0. The van der Waals surface area contributed by atoms with Crippen molar-refractivity contribution in [1.29, 1.82) is 0 Å². The molecule has 0 aliphatic carbocycles. The van der Waals surface area contributed by atoms with E-state index in [4.69, 9.17) is 0 Å². The molecule has 0 fully saturated rings. The molecule has 3 rings (SSSR count). The normalized spacial score (nSPS) is 11.2. The van der Waals surface area contributed by atoms with Crippen LogP contribution in [0, 0.1) is 13.8 Å². The summed E-state index contributed by atoms with van der Waals surface area (Å²) in [5.41, 5.74) is 5.29. The Labute approximate surface area is 133 Å². The van der Waals surface area contributed by atoms with E-state index in [1.54, 1.807) is 0 Å². The van der Waals surface area contributed by atoms with Gasteiger partial charge in [-0.1, -0.05) is 36.8 Å². The lowest BCUT2D eigenvalue weighted by Crippen LogP contribution is -2.00. The molecule has 0 saturated carbocycles. The highest BCUT2D eigenvalue weighted by Crippen LogP contribution is 2.29. The third kappa shape index (κ3) is 2.41. The van der Waals surface area contributed by atoms with Gasteiger partial charge in [0.25, 0.3) is 0 Å². The first kappa shape index (κ1) is 14.8. The third-order valence-corrected chi connectivity index (χ3v) is 4.99. The van der Waals surface area contributed by atoms with E-state index >= 15 is 0 Å². The third-order valence-electron chi connectivity index (χ3n) is 3.90. The fourth-order valence-electron chi connectivity index (χ4n) is 2.57. The highest BCUT2D eigenvalue weighted by Gasteiger charge is 2.19. The average molecular weight is 314 g/mol. The Bertz CT molecular complexity index is 861. The minimum atomic E-state index is -0.869. The highest BCUT2D eigenvalue weighted by atomic mass is 32.1. The quantitative estimate of drug-likeness (QED) is 0.780. The van der Waals surface area contributed by atoms with Crippen molar-refractivity contribution in [3.05, 3.63) is 46.1 Å². The molecule has 22 heavy (non-hydrogen) atoms. The number of carboxylic acids is 1. The van der Waals surface area contributed by atoms with Crippen LogP contribution in [0.4, 0.5) is 0 Å². The molecule has 0 bridgehead atoms. The summed E-state index contributed by atoms with van der Waals surface area (Å²) in [5.74, 6) is -0.869. The van der Waals surface area contributed by atoms with Gasteiger partial charge < -0.3 is 5.11 Å². The van der Waals surface area contributed by atoms with Crippen LogP contribution < -0.4 is 0 Å². The number of carbonyl (C=O) groups is 1. The lowest BCUT2D eigenvalue weighted by Gasteiger charge is -2.02. The number of aromatic nitrogens is 2. The van der Waals surface area contributed by atoms with E-state index in [-0.39, 0.29) is 0 Å². The Morgan fingerprint density at radius 3 is 2.73 bits per heavy atom. The summed E-state index contributed by atoms with van der Waals surface area (Å²) in [6.45, 7) is 6.22. The van der Waals surface area contributed by atoms with Crippen molar-refractivity contribution in [3.8, 4) is 11.3 Å². The number of hydrogen-bond acceptors (Lipinski definition) is 3. The number of nitrogens with zero attached hydrogens (tertiary/aromatic N) is 2. The lowest BCUT2D eigenvalue weighted by atomic mass is 10.0. The average Bonchev–Trinajstić information content (AvgIpc) is 3.01. The molecule has 0 aliphatic rings. The maximum atomic E-state index is 11.4. The number of aromatic carboxylic acids is 1. The van der Waals surface area contributed by atoms with E-state index in [1.165, 1.54) is 22.5 Å². The lowest BCUT2D eigenvalue weighted by molar-refractivity contribution is 0.0700. The zero-order chi connectivity index (χ0) is 15.9. The number of rotatable bonds is 4. The van der Waals surface area contributed by atoms with Crippen LogP contribution in [0.3, 0.4) is 0 Å². The van der Waals surface area contributed by atoms with Gasteiger partial charge in [-0.15, -0.1) is 0 Å². The molecule has 0 unspecified atom stereocenters. The van der Waals surface area contributed by atoms with Crippen LogP contribution in [0.25, 0.3) is 16.2 Å². The van der Waals surface area contributed by atoms with Crippen LogP contribution >= 0.6 is 11.3 Å². The van der Waals surface area contributed by atoms with Gasteiger partial charge in [-0.05, 0) is 37.5 Å². The van der Waals surface area contributed by atoms with Crippen molar-refractivity contribution >= 4 is 22.3 Å². The summed E-state index contributed by atoms with van der Waals surface area (Å²) in [6.07, 6.45) is 3.60. The molecule has 0 amide bonds. The van der Waals surface area contributed by atoms with Crippen LogP contribution in [-0.4, -0.2) is 20.5 Å². The highest BCUT2D eigenvalue weighted by molar-refractivity contribution is 7.19. The molecule has 4 nitrogen and oxygen atoms in total. The summed E-state index contributed by atoms with van der Waals surface area (Å²) in [4.78, 5) is 17.1. The Kier molecular flexibility index (Phi) is 3.74. The molecule has 114 valence electrons. The van der Waals surface area contributed by atoms with Crippen molar-refractivity contribution in [2.45, 2.75) is 33.6 Å². The Balaban J connectivity index is 2.13. The minimum Gasteiger partial charge on any atom is -0.477 e. The molecule has 0 atom stereocenters. The van der Waals surface area contributed by atoms with Crippen LogP contribution in [0.15, 0.2) is 24.4 Å². The SMILES string of the molecule is CCCc1c(C(=O)O)sc2nc(-c3ccc(C)c(C)c3)cn12. The van der Waals surface area contributed by atoms with E-state index < -0.39 is 5.97 Å². The number of imidazole rings is 1. The zero-order valence-corrected chi connectivity index (χ0v) is 13.7. The van der Waals surface area contributed by atoms with Gasteiger partial charge in [0.05, 0.1) is 5.69 Å². The van der Waals surface area contributed by atoms with Crippen LogP contribution in [0.2, 0.25) is 0 Å². The van der Waals surface area contributed by atoms with Crippen LogP contribution in [0.1, 0.15) is 39.8 Å². The number of thiazole rings is 1. The van der Waals surface area contributed by atoms with Gasteiger partial charge in [0.1, 0.15) is 4.88 Å². The van der Waals surface area contributed by atoms with Crippen molar-refractivity contribution < 1.29 is 9.90 Å². The van der Waals surface area contributed by atoms with Crippen molar-refractivity contribution in [2.75, 3.05) is 0 Å². The predicted molar refractivity (Wildman–Crippen MR) is 88.9 cm³/mol. The maximum absolute atomic E-state index is 11.4. The molecule has 1 aromatic carbocycles. The monoisotopic (exact) mass is 314 g/mol. The van der Waals surface area contributed by atoms with Crippen LogP contribution in [0.5, 0.6) is 0 Å². The summed E-state index contributed by atoms with van der Waals surface area (Å²) in [5, 5.41) is 9.33. The van der Waals surface area contributed by atoms with Crippen molar-refractivity contribution in [1.82, 2.24) is 9.38 Å². The van der Waals surface area contributed by atoms with Gasteiger partial charge in [-0.25, -0.2) is 9.78 Å². The molecule has 0 radical (unpaired) electrons. The summed E-state index contributed by atoms with van der Waals surface area (Å²) in [6, 6.07) is 6.28. The first-order chi connectivity index (χ1) is 10.5. The largest absolute Gasteiger partial charge is 0.477 e. The molecule has 2 aromatic heterocycles. The molecular weight excluding hydrogens is 296 g/mol. The van der Waals surface area contributed by atoms with Gasteiger partial charge in [-0.2, -0.15) is 0 Å². The molecule has 5 heteroatoms. The second kappa shape index (κ2) is 5.57. The molecule has 1 N–H and O–H groups in total. The van der Waals surface area contributed by atoms with Gasteiger partial charge in [0, 0.05) is 17.5 Å². The number of fused-ring (bicyclic) bond motifs is 1. The summed E-state index contributed by atoms with van der Waals surface area (Å²) < 4.78 is 1.93. The molecule has 0 spiro atoms. The first-order valence-corrected chi connectivity index (χ1v) is 8.14. The fraction of sp³-hybridized carbons (Fsp3) is 0.294. The minimum absolute atomic E-state index is 0.399. The molecule has 2 heterocycles. The van der Waals surface area contributed by atoms with E-state index in [0.29, 0.717) is 4.88 Å². The first-order valence-electron chi connectivity index (χ1n) is 7.33. The number of hydrogen-bond donors (Lipinski definition) is 1. The van der Waals surface area contributed by atoms with Crippen LogP contribution in [-0.2, 0) is 6.42 Å². The van der Waals surface area contributed by atoms with Gasteiger partial charge in [0.2, 0.25) is 0 Å². The number of aryl methyl sites for hydroxylation is 3. The van der Waals surface area contributed by atoms with Gasteiger partial charge >= 0.3 is 5.97 Å². The van der Waals surface area contributed by atoms with E-state index in [0.717, 1.165) is 34.8 Å². The fourth-order valence-corrected chi connectivity index (χ4v) is 3.56. The topological polar surface area (TPSA) is 54.6 Å². The second-order valence-corrected chi connectivity index (χ2v) is 6.49. The maximum Gasteiger partial charge on any atom is 0.347 e. The van der Waals surface area contributed by atoms with Gasteiger partial charge in [0.15, 0.2) is 4.96 Å². The smallest absolute Gasteiger partial charge is 0.347 e. The second-order valence-electron chi connectivity index (χ2n) is 5.51. The van der Waals surface area contributed by atoms with E-state index in [9.17, 15) is 9.90 Å². The standard InChI is InChI=1S/C17H18N2O2S/c1-4-5-14-15(16(20)21)22-17-18-13(9-19(14)17)12-7-6-10(2)11(3)8-12/h6-9H,4-5H2,1-3H3,(H,20,21). The Morgan fingerprint density at radius 2 is 2.09 bits per heavy atom. The van der Waals surface area contributed by atoms with Crippen molar-refractivity contribution in [2.24, 2.45) is 0 Å². The van der Waals surface area contributed by atoms with E-state index in [2.05, 4.69) is 44.0 Å². The zero-order valence-electron chi connectivity index (χ0n) is 12.9. The Morgan fingerprint density at radius 1 is 1.32 bits per heavy atom. The predicted octanol–water partition coefficient (Wildman–Crippen LogP) is 4.33. The summed E-state index contributed by atoms with van der Waals surface area (Å²) >= 11 is 1.25. The number of benzene rings is 1. The van der Waals surface area contributed by atoms with Gasteiger partial charge in [-0.3, -0.25) is 4.40 Å². The van der Waals surface area contributed by atoms with Crippen molar-refractivity contribution in [3.63, 3.8) is 0 Å². The molecular formula is C17H18N2O2S. The molecule has 0 saturated heterocycles.